The van der Waals surface area contributed by atoms with Crippen LogP contribution in [0.1, 0.15) is 19.5 Å². The number of aromatic nitrogens is 1. The first-order valence-electron chi connectivity index (χ1n) is 6.62. The van der Waals surface area contributed by atoms with Crippen LogP contribution in [0.5, 0.6) is 0 Å². The summed E-state index contributed by atoms with van der Waals surface area (Å²) >= 11 is 1.15. The fraction of sp³-hybridized carbons (Fsp3) is 0.538. The van der Waals surface area contributed by atoms with Crippen molar-refractivity contribution in [1.29, 1.82) is 0 Å². The third-order valence-corrected chi connectivity index (χ3v) is 4.26. The van der Waals surface area contributed by atoms with Crippen molar-refractivity contribution in [2.24, 2.45) is 0 Å². The number of esters is 1. The molecule has 0 fully saturated rings. The molecule has 0 amide bonds. The summed E-state index contributed by atoms with van der Waals surface area (Å²) in [4.78, 5) is 18.1. The standard InChI is InChI=1S/C13H16F3N3O2S/c1-4-9-6-22-12(17-9)19-7-18(8(2)11(20)21-3)5-10(19)13(14,15)16/h5-6,8H,4,7H2,1-3H3. The van der Waals surface area contributed by atoms with E-state index in [-0.39, 0.29) is 11.8 Å². The van der Waals surface area contributed by atoms with Crippen LogP contribution in [0, 0.1) is 0 Å². The third-order valence-electron chi connectivity index (χ3n) is 3.35. The van der Waals surface area contributed by atoms with E-state index in [2.05, 4.69) is 9.72 Å². The number of hydrogen-bond donors (Lipinski definition) is 0. The van der Waals surface area contributed by atoms with Gasteiger partial charge in [0.2, 0.25) is 0 Å². The molecule has 2 rings (SSSR count). The predicted molar refractivity (Wildman–Crippen MR) is 76.3 cm³/mol. The third kappa shape index (κ3) is 3.18. The zero-order valence-corrected chi connectivity index (χ0v) is 13.2. The molecule has 0 bridgehead atoms. The molecule has 0 aliphatic carbocycles. The molecule has 122 valence electrons. The Morgan fingerprint density at radius 2 is 2.23 bits per heavy atom. The summed E-state index contributed by atoms with van der Waals surface area (Å²) in [6.45, 7) is 3.29. The van der Waals surface area contributed by atoms with Crippen molar-refractivity contribution in [3.63, 3.8) is 0 Å². The number of ether oxygens (including phenoxy) is 1. The summed E-state index contributed by atoms with van der Waals surface area (Å²) in [7, 11) is 1.20. The van der Waals surface area contributed by atoms with E-state index in [9.17, 15) is 18.0 Å². The van der Waals surface area contributed by atoms with Crippen molar-refractivity contribution in [3.8, 4) is 0 Å². The van der Waals surface area contributed by atoms with Crippen LogP contribution in [0.2, 0.25) is 0 Å². The van der Waals surface area contributed by atoms with Crippen molar-refractivity contribution in [2.45, 2.75) is 32.5 Å². The average Bonchev–Trinajstić information content (AvgIpc) is 3.10. The number of thiazole rings is 1. The predicted octanol–water partition coefficient (Wildman–Crippen LogP) is 2.75. The van der Waals surface area contributed by atoms with Crippen LogP contribution < -0.4 is 4.90 Å². The maximum absolute atomic E-state index is 13.2. The highest BCUT2D eigenvalue weighted by molar-refractivity contribution is 7.13. The molecule has 0 aromatic carbocycles. The first-order valence-corrected chi connectivity index (χ1v) is 7.50. The molecule has 0 radical (unpaired) electrons. The Hall–Kier alpha value is -1.77. The fourth-order valence-electron chi connectivity index (χ4n) is 2.02. The minimum atomic E-state index is -4.53. The van der Waals surface area contributed by atoms with Gasteiger partial charge in [0.15, 0.2) is 5.13 Å². The summed E-state index contributed by atoms with van der Waals surface area (Å²) in [5, 5.41) is 2.00. The van der Waals surface area contributed by atoms with E-state index in [0.717, 1.165) is 28.1 Å². The lowest BCUT2D eigenvalue weighted by Crippen LogP contribution is -2.39. The molecule has 0 saturated heterocycles. The minimum Gasteiger partial charge on any atom is -0.467 e. The van der Waals surface area contributed by atoms with Gasteiger partial charge in [0.25, 0.3) is 0 Å². The number of hydrogen-bond acceptors (Lipinski definition) is 6. The number of carbonyl (C=O) groups is 1. The monoisotopic (exact) mass is 335 g/mol. The van der Waals surface area contributed by atoms with Crippen molar-refractivity contribution in [1.82, 2.24) is 9.88 Å². The molecule has 0 spiro atoms. The Bertz CT molecular complexity index is 585. The Morgan fingerprint density at radius 3 is 2.73 bits per heavy atom. The summed E-state index contributed by atoms with van der Waals surface area (Å²) in [5.74, 6) is -0.590. The maximum atomic E-state index is 13.2. The number of anilines is 1. The molecule has 1 atom stereocenters. The number of aryl methyl sites for hydroxylation is 1. The number of methoxy groups -OCH3 is 1. The van der Waals surface area contributed by atoms with Crippen LogP contribution in [0.4, 0.5) is 18.3 Å². The highest BCUT2D eigenvalue weighted by Gasteiger charge is 2.44. The molecular weight excluding hydrogens is 319 g/mol. The van der Waals surface area contributed by atoms with E-state index in [1.807, 2.05) is 6.92 Å². The Balaban J connectivity index is 2.31. The summed E-state index contributed by atoms with van der Waals surface area (Å²) in [6.07, 6.45) is -2.94. The SMILES string of the molecule is CCc1csc(N2CN(C(C)C(=O)OC)C=C2C(F)(F)F)n1. The normalized spacial score (nSPS) is 16.7. The molecule has 0 N–H and O–H groups in total. The molecule has 1 unspecified atom stereocenters. The van der Waals surface area contributed by atoms with Gasteiger partial charge in [0.1, 0.15) is 11.7 Å². The van der Waals surface area contributed by atoms with E-state index >= 15 is 0 Å². The van der Waals surface area contributed by atoms with Gasteiger partial charge in [0.05, 0.1) is 19.5 Å². The molecule has 9 heteroatoms. The molecule has 5 nitrogen and oxygen atoms in total. The van der Waals surface area contributed by atoms with E-state index in [1.54, 1.807) is 5.38 Å². The van der Waals surface area contributed by atoms with Crippen molar-refractivity contribution < 1.29 is 22.7 Å². The van der Waals surface area contributed by atoms with Crippen LogP contribution in [-0.2, 0) is 16.0 Å². The second kappa shape index (κ2) is 6.15. The Labute approximate surface area is 130 Å². The highest BCUT2D eigenvalue weighted by atomic mass is 32.1. The van der Waals surface area contributed by atoms with Gasteiger partial charge in [0, 0.05) is 11.6 Å². The number of halogens is 3. The van der Waals surface area contributed by atoms with Gasteiger partial charge in [-0.05, 0) is 13.3 Å². The Kier molecular flexibility index (Phi) is 4.64. The second-order valence-electron chi connectivity index (χ2n) is 4.77. The van der Waals surface area contributed by atoms with E-state index in [1.165, 1.54) is 18.9 Å². The van der Waals surface area contributed by atoms with Gasteiger partial charge in [-0.3, -0.25) is 4.90 Å². The topological polar surface area (TPSA) is 45.7 Å². The molecule has 1 aromatic heterocycles. The summed E-state index contributed by atoms with van der Waals surface area (Å²) in [6, 6.07) is -0.807. The lowest BCUT2D eigenvalue weighted by atomic mass is 10.3. The number of rotatable bonds is 4. The number of carbonyl (C=O) groups excluding carboxylic acids is 1. The van der Waals surface area contributed by atoms with Crippen LogP contribution >= 0.6 is 11.3 Å². The fourth-order valence-corrected chi connectivity index (χ4v) is 2.93. The first-order chi connectivity index (χ1) is 10.3. The smallest absolute Gasteiger partial charge is 0.432 e. The van der Waals surface area contributed by atoms with Gasteiger partial charge in [-0.25, -0.2) is 9.78 Å². The van der Waals surface area contributed by atoms with Crippen molar-refractivity contribution in [2.75, 3.05) is 18.7 Å². The van der Waals surface area contributed by atoms with Gasteiger partial charge in [-0.2, -0.15) is 13.2 Å². The Morgan fingerprint density at radius 1 is 1.55 bits per heavy atom. The van der Waals surface area contributed by atoms with Gasteiger partial charge in [-0.1, -0.05) is 6.92 Å². The van der Waals surface area contributed by atoms with E-state index < -0.39 is 23.9 Å². The molecule has 1 aromatic rings. The summed E-state index contributed by atoms with van der Waals surface area (Å²) < 4.78 is 44.3. The molecule has 22 heavy (non-hydrogen) atoms. The number of allylic oxidation sites excluding steroid dienone is 1. The quantitative estimate of drug-likeness (QED) is 0.792. The summed E-state index contributed by atoms with van der Waals surface area (Å²) in [5.41, 5.74) is -0.0961. The second-order valence-corrected chi connectivity index (χ2v) is 5.61. The van der Waals surface area contributed by atoms with Crippen LogP contribution in [-0.4, -0.2) is 41.8 Å². The molecule has 1 aliphatic rings. The van der Waals surface area contributed by atoms with Crippen molar-refractivity contribution in [3.05, 3.63) is 23.0 Å². The van der Waals surface area contributed by atoms with E-state index in [4.69, 9.17) is 0 Å². The van der Waals surface area contributed by atoms with Gasteiger partial charge in [-0.15, -0.1) is 11.3 Å². The minimum absolute atomic E-state index is 0.0955. The lowest BCUT2D eigenvalue weighted by Gasteiger charge is -2.25. The molecule has 0 saturated carbocycles. The highest BCUT2D eigenvalue weighted by Crippen LogP contribution is 2.37. The zero-order chi connectivity index (χ0) is 16.5. The molecule has 1 aliphatic heterocycles. The van der Waals surface area contributed by atoms with Crippen LogP contribution in [0.3, 0.4) is 0 Å². The first kappa shape index (κ1) is 16.6. The number of nitrogens with zero attached hydrogens (tertiary/aromatic N) is 3. The average molecular weight is 335 g/mol. The molecular formula is C13H16F3N3O2S. The largest absolute Gasteiger partial charge is 0.467 e. The van der Waals surface area contributed by atoms with Crippen molar-refractivity contribution >= 4 is 22.4 Å². The van der Waals surface area contributed by atoms with Crippen LogP contribution in [0.25, 0.3) is 0 Å². The van der Waals surface area contributed by atoms with E-state index in [0.29, 0.717) is 6.42 Å². The molecule has 2 heterocycles. The lowest BCUT2D eigenvalue weighted by molar-refractivity contribution is -0.145. The number of alkyl halides is 3. The van der Waals surface area contributed by atoms with Gasteiger partial charge >= 0.3 is 12.1 Å². The zero-order valence-electron chi connectivity index (χ0n) is 12.3. The maximum Gasteiger partial charge on any atom is 0.432 e. The van der Waals surface area contributed by atoms with Gasteiger partial charge < -0.3 is 9.64 Å². The van der Waals surface area contributed by atoms with Crippen LogP contribution in [0.15, 0.2) is 17.3 Å².